The molecule has 7 nitrogen and oxygen atoms in total. The summed E-state index contributed by atoms with van der Waals surface area (Å²) < 4.78 is 5.38. The first-order valence-corrected chi connectivity index (χ1v) is 9.32. The van der Waals surface area contributed by atoms with Gasteiger partial charge in [-0.1, -0.05) is 12.1 Å². The maximum Gasteiger partial charge on any atom is 0.226 e. The number of nitrogens with zero attached hydrogens (tertiary/aromatic N) is 1. The number of primary amides is 1. The Labute approximate surface area is 178 Å². The first-order valence-electron chi connectivity index (χ1n) is 9.32. The maximum atomic E-state index is 12.2. The number of benzene rings is 1. The molecular formula is C19H30Cl2N4O3. The summed E-state index contributed by atoms with van der Waals surface area (Å²) in [4.78, 5) is 25.8. The molecule has 0 aromatic heterocycles. The lowest BCUT2D eigenvalue weighted by atomic mass is 9.96. The molecule has 28 heavy (non-hydrogen) atoms. The van der Waals surface area contributed by atoms with Crippen molar-refractivity contribution < 1.29 is 14.3 Å². The quantitative estimate of drug-likeness (QED) is 0.633. The van der Waals surface area contributed by atoms with E-state index in [-0.39, 0.29) is 48.6 Å². The molecule has 1 unspecified atom stereocenters. The summed E-state index contributed by atoms with van der Waals surface area (Å²) in [7, 11) is 0. The number of ether oxygens (including phenoxy) is 1. The fraction of sp³-hybridized carbons (Fsp3) is 0.579. The predicted molar refractivity (Wildman–Crippen MR) is 114 cm³/mol. The lowest BCUT2D eigenvalue weighted by molar-refractivity contribution is -0.123. The molecule has 1 atom stereocenters. The summed E-state index contributed by atoms with van der Waals surface area (Å²) in [5.74, 6) is -0.186. The Balaban J connectivity index is 0.00000196. The van der Waals surface area contributed by atoms with Crippen LogP contribution in [0.25, 0.3) is 0 Å². The lowest BCUT2D eigenvalue weighted by Gasteiger charge is -2.30. The Hall–Kier alpha value is -1.38. The summed E-state index contributed by atoms with van der Waals surface area (Å²) >= 11 is 0. The smallest absolute Gasteiger partial charge is 0.226 e. The third-order valence-electron chi connectivity index (χ3n) is 5.04. The summed E-state index contributed by atoms with van der Waals surface area (Å²) in [6, 6.07) is 8.03. The molecule has 2 fully saturated rings. The van der Waals surface area contributed by atoms with Gasteiger partial charge in [0.1, 0.15) is 0 Å². The van der Waals surface area contributed by atoms with E-state index in [4.69, 9.17) is 10.5 Å². The van der Waals surface area contributed by atoms with E-state index >= 15 is 0 Å². The fourth-order valence-electron chi connectivity index (χ4n) is 3.57. The molecule has 4 N–H and O–H groups in total. The molecule has 1 aromatic carbocycles. The Bertz CT molecular complexity index is 633. The van der Waals surface area contributed by atoms with E-state index < -0.39 is 0 Å². The van der Waals surface area contributed by atoms with Gasteiger partial charge in [0.15, 0.2) is 0 Å². The number of rotatable bonds is 6. The normalized spacial score (nSPS) is 20.5. The van der Waals surface area contributed by atoms with Gasteiger partial charge in [-0.25, -0.2) is 0 Å². The van der Waals surface area contributed by atoms with Gasteiger partial charge in [-0.05, 0) is 43.6 Å². The van der Waals surface area contributed by atoms with Crippen molar-refractivity contribution in [1.82, 2.24) is 10.2 Å². The van der Waals surface area contributed by atoms with Crippen molar-refractivity contribution in [2.45, 2.75) is 31.8 Å². The van der Waals surface area contributed by atoms with E-state index in [1.54, 1.807) is 0 Å². The van der Waals surface area contributed by atoms with Crippen LogP contribution >= 0.6 is 24.8 Å². The third-order valence-corrected chi connectivity index (χ3v) is 5.04. The number of carbonyl (C=O) groups is 2. The summed E-state index contributed by atoms with van der Waals surface area (Å²) in [5.41, 5.74) is 7.36. The van der Waals surface area contributed by atoms with Gasteiger partial charge in [0, 0.05) is 37.2 Å². The zero-order chi connectivity index (χ0) is 18.4. The van der Waals surface area contributed by atoms with Crippen LogP contribution in [0.3, 0.4) is 0 Å². The molecule has 0 saturated carbocycles. The molecule has 2 amide bonds. The number of nitrogens with one attached hydrogen (secondary N) is 2. The van der Waals surface area contributed by atoms with Crippen LogP contribution in [0, 0.1) is 5.92 Å². The number of amides is 2. The number of hydrogen-bond donors (Lipinski definition) is 3. The summed E-state index contributed by atoms with van der Waals surface area (Å²) in [5, 5.41) is 6.26. The highest BCUT2D eigenvalue weighted by atomic mass is 35.5. The third kappa shape index (κ3) is 7.56. The zero-order valence-electron chi connectivity index (χ0n) is 15.9. The second-order valence-electron chi connectivity index (χ2n) is 7.13. The number of anilines is 1. The molecule has 0 aliphatic carbocycles. The van der Waals surface area contributed by atoms with Crippen molar-refractivity contribution in [3.8, 4) is 0 Å². The van der Waals surface area contributed by atoms with E-state index in [0.717, 1.165) is 50.3 Å². The highest BCUT2D eigenvalue weighted by Gasteiger charge is 2.23. The van der Waals surface area contributed by atoms with E-state index in [1.807, 2.05) is 18.2 Å². The van der Waals surface area contributed by atoms with Crippen LogP contribution in [0.15, 0.2) is 24.3 Å². The molecule has 0 spiro atoms. The Morgan fingerprint density at radius 2 is 2.00 bits per heavy atom. The molecule has 3 rings (SSSR count). The first kappa shape index (κ1) is 24.7. The molecule has 158 valence electrons. The average Bonchev–Trinajstić information content (AvgIpc) is 2.63. The van der Waals surface area contributed by atoms with Gasteiger partial charge >= 0.3 is 0 Å². The molecule has 0 bridgehead atoms. The molecular weight excluding hydrogens is 403 g/mol. The van der Waals surface area contributed by atoms with Crippen molar-refractivity contribution in [3.63, 3.8) is 0 Å². The van der Waals surface area contributed by atoms with Gasteiger partial charge in [0.25, 0.3) is 0 Å². The van der Waals surface area contributed by atoms with Gasteiger partial charge in [0.2, 0.25) is 11.8 Å². The van der Waals surface area contributed by atoms with Crippen molar-refractivity contribution in [2.75, 3.05) is 38.2 Å². The van der Waals surface area contributed by atoms with E-state index in [0.29, 0.717) is 19.6 Å². The number of carbonyl (C=O) groups excluding carboxylic acids is 2. The number of likely N-dealkylation sites (tertiary alicyclic amines) is 1. The monoisotopic (exact) mass is 432 g/mol. The number of morpholine rings is 1. The molecule has 0 radical (unpaired) electrons. The number of piperidine rings is 1. The van der Waals surface area contributed by atoms with Gasteiger partial charge in [0.05, 0.1) is 13.2 Å². The van der Waals surface area contributed by atoms with Crippen molar-refractivity contribution in [1.29, 1.82) is 0 Å². The van der Waals surface area contributed by atoms with E-state index in [9.17, 15) is 9.59 Å². The SMILES string of the molecule is Cl.Cl.NC(=O)C1CCN(Cc2cccc(NC(=O)CC3COCCN3)c2)CC1. The molecule has 1 aromatic rings. The molecule has 2 heterocycles. The minimum absolute atomic E-state index is 0. The average molecular weight is 433 g/mol. The fourth-order valence-corrected chi connectivity index (χ4v) is 3.57. The summed E-state index contributed by atoms with van der Waals surface area (Å²) in [6.45, 7) is 4.63. The molecule has 2 aliphatic heterocycles. The highest BCUT2D eigenvalue weighted by molar-refractivity contribution is 5.91. The minimum atomic E-state index is -0.188. The molecule has 2 aliphatic rings. The van der Waals surface area contributed by atoms with Crippen LogP contribution in [0.4, 0.5) is 5.69 Å². The standard InChI is InChI=1S/C19H28N4O3.2ClH/c20-19(25)15-4-7-23(8-5-15)12-14-2-1-3-16(10-14)22-18(24)11-17-13-26-9-6-21-17;;/h1-3,10,15,17,21H,4-9,11-13H2,(H2,20,25)(H,22,24);2*1H. The van der Waals surface area contributed by atoms with Crippen LogP contribution in [0.5, 0.6) is 0 Å². The topological polar surface area (TPSA) is 96.7 Å². The van der Waals surface area contributed by atoms with E-state index in [1.165, 1.54) is 0 Å². The van der Waals surface area contributed by atoms with Gasteiger partial charge in [-0.3, -0.25) is 14.5 Å². The second-order valence-corrected chi connectivity index (χ2v) is 7.13. The largest absolute Gasteiger partial charge is 0.378 e. The zero-order valence-corrected chi connectivity index (χ0v) is 17.5. The van der Waals surface area contributed by atoms with Gasteiger partial charge in [-0.2, -0.15) is 0 Å². The summed E-state index contributed by atoms with van der Waals surface area (Å²) in [6.07, 6.45) is 2.05. The Morgan fingerprint density at radius 3 is 2.64 bits per heavy atom. The minimum Gasteiger partial charge on any atom is -0.378 e. The van der Waals surface area contributed by atoms with E-state index in [2.05, 4.69) is 21.6 Å². The lowest BCUT2D eigenvalue weighted by Crippen LogP contribution is -2.43. The van der Waals surface area contributed by atoms with Crippen LogP contribution in [0.2, 0.25) is 0 Å². The van der Waals surface area contributed by atoms with Gasteiger partial charge < -0.3 is 21.1 Å². The van der Waals surface area contributed by atoms with Crippen molar-refractivity contribution >= 4 is 42.3 Å². The maximum absolute atomic E-state index is 12.2. The number of halogens is 2. The van der Waals surface area contributed by atoms with Crippen LogP contribution in [-0.2, 0) is 20.9 Å². The number of hydrogen-bond acceptors (Lipinski definition) is 5. The first-order chi connectivity index (χ1) is 12.6. The Morgan fingerprint density at radius 1 is 1.25 bits per heavy atom. The van der Waals surface area contributed by atoms with Crippen LogP contribution in [-0.4, -0.2) is 55.6 Å². The molecule has 9 heteroatoms. The highest BCUT2D eigenvalue weighted by Crippen LogP contribution is 2.20. The van der Waals surface area contributed by atoms with Crippen molar-refractivity contribution in [3.05, 3.63) is 29.8 Å². The molecule has 2 saturated heterocycles. The number of nitrogens with two attached hydrogens (primary N) is 1. The van der Waals surface area contributed by atoms with Crippen LogP contribution < -0.4 is 16.4 Å². The van der Waals surface area contributed by atoms with Crippen molar-refractivity contribution in [2.24, 2.45) is 11.7 Å². The predicted octanol–water partition coefficient (Wildman–Crippen LogP) is 1.54. The van der Waals surface area contributed by atoms with Crippen LogP contribution in [0.1, 0.15) is 24.8 Å². The van der Waals surface area contributed by atoms with Gasteiger partial charge in [-0.15, -0.1) is 24.8 Å². The second kappa shape index (κ2) is 12.2. The Kier molecular flexibility index (Phi) is 10.8.